The molecule has 1 aliphatic carbocycles. The highest BCUT2D eigenvalue weighted by molar-refractivity contribution is 9.10. The van der Waals surface area contributed by atoms with Gasteiger partial charge in [0.25, 0.3) is 0 Å². The smallest absolute Gasteiger partial charge is 0.0897 e. The summed E-state index contributed by atoms with van der Waals surface area (Å²) < 4.78 is 7.19. The maximum Gasteiger partial charge on any atom is 0.0897 e. The summed E-state index contributed by atoms with van der Waals surface area (Å²) in [6, 6.07) is 2.15. The second-order valence-electron chi connectivity index (χ2n) is 4.44. The molecule has 96 valence electrons. The molecule has 0 saturated heterocycles. The largest absolute Gasteiger partial charge is 0.373 e. The maximum absolute atomic E-state index is 6.07. The molecule has 0 bridgehead atoms. The molecule has 2 rings (SSSR count). The SMILES string of the molecule is CCOC1(C(NN)c2sccc2Br)CCCC1. The highest BCUT2D eigenvalue weighted by atomic mass is 79.9. The summed E-state index contributed by atoms with van der Waals surface area (Å²) in [7, 11) is 0. The van der Waals surface area contributed by atoms with Crippen molar-refractivity contribution in [3.05, 3.63) is 20.8 Å². The van der Waals surface area contributed by atoms with E-state index in [1.54, 1.807) is 11.3 Å². The molecule has 5 heteroatoms. The zero-order valence-corrected chi connectivity index (χ0v) is 12.4. The van der Waals surface area contributed by atoms with Crippen molar-refractivity contribution in [3.8, 4) is 0 Å². The fraction of sp³-hybridized carbons (Fsp3) is 0.667. The molecule has 1 fully saturated rings. The van der Waals surface area contributed by atoms with Crippen LogP contribution >= 0.6 is 27.3 Å². The maximum atomic E-state index is 6.07. The minimum atomic E-state index is -0.128. The molecule has 0 radical (unpaired) electrons. The molecule has 1 heterocycles. The van der Waals surface area contributed by atoms with Gasteiger partial charge in [0.15, 0.2) is 0 Å². The fourth-order valence-corrected chi connectivity index (χ4v) is 4.52. The Bertz CT molecular complexity index is 363. The predicted molar refractivity (Wildman–Crippen MR) is 74.9 cm³/mol. The van der Waals surface area contributed by atoms with Crippen molar-refractivity contribution in [3.63, 3.8) is 0 Å². The van der Waals surface area contributed by atoms with Gasteiger partial charge in [-0.15, -0.1) is 11.3 Å². The zero-order valence-electron chi connectivity index (χ0n) is 10.0. The molecule has 3 N–H and O–H groups in total. The molecule has 0 spiro atoms. The molecule has 1 aromatic rings. The topological polar surface area (TPSA) is 47.3 Å². The Balaban J connectivity index is 2.29. The molecule has 3 nitrogen and oxygen atoms in total. The zero-order chi connectivity index (χ0) is 12.3. The van der Waals surface area contributed by atoms with Gasteiger partial charge in [-0.2, -0.15) is 0 Å². The van der Waals surface area contributed by atoms with E-state index >= 15 is 0 Å². The first-order valence-corrected chi connectivity index (χ1v) is 7.74. The van der Waals surface area contributed by atoms with Crippen molar-refractivity contribution in [1.82, 2.24) is 5.43 Å². The van der Waals surface area contributed by atoms with Crippen LogP contribution in [0.3, 0.4) is 0 Å². The lowest BCUT2D eigenvalue weighted by atomic mass is 9.91. The number of nitrogens with one attached hydrogen (secondary N) is 1. The number of hydrogen-bond donors (Lipinski definition) is 2. The van der Waals surface area contributed by atoms with E-state index in [-0.39, 0.29) is 11.6 Å². The number of hydrogen-bond acceptors (Lipinski definition) is 4. The van der Waals surface area contributed by atoms with Gasteiger partial charge in [0, 0.05) is 16.0 Å². The second kappa shape index (κ2) is 5.80. The minimum Gasteiger partial charge on any atom is -0.373 e. The number of ether oxygens (including phenoxy) is 1. The van der Waals surface area contributed by atoms with Gasteiger partial charge in [0.1, 0.15) is 0 Å². The number of nitrogens with two attached hydrogens (primary N) is 1. The highest BCUT2D eigenvalue weighted by Gasteiger charge is 2.43. The first-order chi connectivity index (χ1) is 8.23. The van der Waals surface area contributed by atoms with Gasteiger partial charge < -0.3 is 4.74 Å². The van der Waals surface area contributed by atoms with Gasteiger partial charge in [-0.05, 0) is 47.1 Å². The van der Waals surface area contributed by atoms with Gasteiger partial charge in [-0.25, -0.2) is 5.43 Å². The van der Waals surface area contributed by atoms with Crippen LogP contribution in [0.4, 0.5) is 0 Å². The Hall–Kier alpha value is 0.0600. The third kappa shape index (κ3) is 2.58. The number of hydrazine groups is 1. The molecule has 1 aliphatic rings. The van der Waals surface area contributed by atoms with Crippen LogP contribution in [0.2, 0.25) is 0 Å². The van der Waals surface area contributed by atoms with Crippen molar-refractivity contribution in [1.29, 1.82) is 0 Å². The highest BCUT2D eigenvalue weighted by Crippen LogP contribution is 2.45. The molecule has 1 atom stereocenters. The standard InChI is InChI=1S/C12H19BrN2OS/c1-2-16-12(6-3-4-7-12)11(15-14)10-9(13)5-8-17-10/h5,8,11,15H,2-4,6-7,14H2,1H3. The average Bonchev–Trinajstić information content (AvgIpc) is 2.92. The molecule has 1 unspecified atom stereocenters. The van der Waals surface area contributed by atoms with E-state index in [4.69, 9.17) is 10.6 Å². The van der Waals surface area contributed by atoms with E-state index in [9.17, 15) is 0 Å². The summed E-state index contributed by atoms with van der Waals surface area (Å²) in [6.45, 7) is 2.79. The Labute approximate surface area is 115 Å². The van der Waals surface area contributed by atoms with Crippen LogP contribution in [-0.4, -0.2) is 12.2 Å². The van der Waals surface area contributed by atoms with E-state index in [2.05, 4.69) is 39.7 Å². The summed E-state index contributed by atoms with van der Waals surface area (Å²) in [6.07, 6.45) is 4.61. The van der Waals surface area contributed by atoms with Crippen LogP contribution in [0.1, 0.15) is 43.5 Å². The molecule has 0 amide bonds. The van der Waals surface area contributed by atoms with Gasteiger partial charge >= 0.3 is 0 Å². The van der Waals surface area contributed by atoms with Gasteiger partial charge in [-0.3, -0.25) is 5.84 Å². The van der Waals surface area contributed by atoms with E-state index < -0.39 is 0 Å². The van der Waals surface area contributed by atoms with E-state index in [0.29, 0.717) is 0 Å². The van der Waals surface area contributed by atoms with Crippen LogP contribution in [0.5, 0.6) is 0 Å². The van der Waals surface area contributed by atoms with Crippen molar-refractivity contribution < 1.29 is 4.74 Å². The summed E-state index contributed by atoms with van der Waals surface area (Å²) in [5.41, 5.74) is 2.84. The van der Waals surface area contributed by atoms with Gasteiger partial charge in [0.2, 0.25) is 0 Å². The van der Waals surface area contributed by atoms with Gasteiger partial charge in [0.05, 0.1) is 11.6 Å². The van der Waals surface area contributed by atoms with Crippen LogP contribution in [0.15, 0.2) is 15.9 Å². The molecule has 0 aromatic carbocycles. The van der Waals surface area contributed by atoms with Crippen LogP contribution in [-0.2, 0) is 4.74 Å². The average molecular weight is 319 g/mol. The molecule has 17 heavy (non-hydrogen) atoms. The van der Waals surface area contributed by atoms with Crippen molar-refractivity contribution in [2.45, 2.75) is 44.2 Å². The van der Waals surface area contributed by atoms with Crippen LogP contribution in [0, 0.1) is 0 Å². The normalized spacial score (nSPS) is 20.6. The third-order valence-electron chi connectivity index (χ3n) is 3.48. The van der Waals surface area contributed by atoms with E-state index in [0.717, 1.165) is 23.9 Å². The number of rotatable bonds is 5. The lowest BCUT2D eigenvalue weighted by Crippen LogP contribution is -2.46. The van der Waals surface area contributed by atoms with Crippen molar-refractivity contribution in [2.24, 2.45) is 5.84 Å². The van der Waals surface area contributed by atoms with Crippen LogP contribution in [0.25, 0.3) is 0 Å². The van der Waals surface area contributed by atoms with Crippen LogP contribution < -0.4 is 11.3 Å². The van der Waals surface area contributed by atoms with Crippen molar-refractivity contribution in [2.75, 3.05) is 6.61 Å². The lowest BCUT2D eigenvalue weighted by Gasteiger charge is -2.36. The molecular weight excluding hydrogens is 300 g/mol. The second-order valence-corrected chi connectivity index (χ2v) is 6.24. The monoisotopic (exact) mass is 318 g/mol. The Kier molecular flexibility index (Phi) is 4.60. The minimum absolute atomic E-state index is 0.0827. The van der Waals surface area contributed by atoms with E-state index in [1.807, 2.05) is 0 Å². The lowest BCUT2D eigenvalue weighted by molar-refractivity contribution is -0.0620. The quantitative estimate of drug-likeness (QED) is 0.646. The Morgan fingerprint density at radius 2 is 2.29 bits per heavy atom. The molecular formula is C12H19BrN2OS. The summed E-state index contributed by atoms with van der Waals surface area (Å²) in [5, 5.41) is 2.08. The third-order valence-corrected chi connectivity index (χ3v) is 5.42. The summed E-state index contributed by atoms with van der Waals surface area (Å²) >= 11 is 5.31. The first kappa shape index (κ1) is 13.5. The van der Waals surface area contributed by atoms with Gasteiger partial charge in [-0.1, -0.05) is 12.8 Å². The molecule has 1 aromatic heterocycles. The van der Waals surface area contributed by atoms with E-state index in [1.165, 1.54) is 17.7 Å². The Morgan fingerprint density at radius 1 is 1.59 bits per heavy atom. The first-order valence-electron chi connectivity index (χ1n) is 6.06. The molecule has 1 saturated carbocycles. The van der Waals surface area contributed by atoms with Crippen molar-refractivity contribution >= 4 is 27.3 Å². The summed E-state index contributed by atoms with van der Waals surface area (Å²) in [4.78, 5) is 1.24. The summed E-state index contributed by atoms with van der Waals surface area (Å²) in [5.74, 6) is 5.78. The Morgan fingerprint density at radius 3 is 2.76 bits per heavy atom. The molecule has 0 aliphatic heterocycles. The number of thiophene rings is 1. The fourth-order valence-electron chi connectivity index (χ4n) is 2.76. The number of halogens is 1. The predicted octanol–water partition coefficient (Wildman–Crippen LogP) is 3.36.